The molecule has 1 heterocycles. The topological polar surface area (TPSA) is 35.5 Å². The SMILES string of the molecule is CCCCCC1CCC(c2ccc(OCC)cc2)OC1=O. The number of benzene rings is 1. The molecule has 2 unspecified atom stereocenters. The summed E-state index contributed by atoms with van der Waals surface area (Å²) in [5.74, 6) is 0.951. The average molecular weight is 290 g/mol. The van der Waals surface area contributed by atoms with Gasteiger partial charge in [0.15, 0.2) is 0 Å². The highest BCUT2D eigenvalue weighted by atomic mass is 16.5. The van der Waals surface area contributed by atoms with Crippen molar-refractivity contribution in [3.8, 4) is 5.75 Å². The summed E-state index contributed by atoms with van der Waals surface area (Å²) in [6.45, 7) is 4.81. The number of hydrogen-bond acceptors (Lipinski definition) is 3. The average Bonchev–Trinajstić information content (AvgIpc) is 2.50. The molecule has 0 bridgehead atoms. The molecular formula is C18H26O3. The summed E-state index contributed by atoms with van der Waals surface area (Å²) in [5.41, 5.74) is 1.07. The molecule has 1 aromatic carbocycles. The third-order valence-corrected chi connectivity index (χ3v) is 4.09. The summed E-state index contributed by atoms with van der Waals surface area (Å²) in [6.07, 6.45) is 6.28. The fraction of sp³-hybridized carbons (Fsp3) is 0.611. The molecule has 3 heteroatoms. The van der Waals surface area contributed by atoms with Gasteiger partial charge in [0.1, 0.15) is 11.9 Å². The van der Waals surface area contributed by atoms with Gasteiger partial charge in [-0.3, -0.25) is 4.79 Å². The summed E-state index contributed by atoms with van der Waals surface area (Å²) in [7, 11) is 0. The zero-order valence-corrected chi connectivity index (χ0v) is 13.1. The molecule has 1 fully saturated rings. The fourth-order valence-corrected chi connectivity index (χ4v) is 2.85. The maximum atomic E-state index is 12.1. The first kappa shape index (κ1) is 15.9. The van der Waals surface area contributed by atoms with Gasteiger partial charge in [0.05, 0.1) is 12.5 Å². The van der Waals surface area contributed by atoms with E-state index < -0.39 is 0 Å². The minimum absolute atomic E-state index is 0.0174. The molecular weight excluding hydrogens is 264 g/mol. The Balaban J connectivity index is 1.88. The molecule has 0 N–H and O–H groups in total. The van der Waals surface area contributed by atoms with Crippen molar-refractivity contribution in [3.63, 3.8) is 0 Å². The predicted molar refractivity (Wildman–Crippen MR) is 83.3 cm³/mol. The van der Waals surface area contributed by atoms with Crippen molar-refractivity contribution in [2.24, 2.45) is 5.92 Å². The molecule has 0 spiro atoms. The lowest BCUT2D eigenvalue weighted by molar-refractivity contribution is -0.161. The molecule has 0 amide bonds. The molecule has 0 radical (unpaired) electrons. The van der Waals surface area contributed by atoms with Crippen LogP contribution in [0, 0.1) is 5.92 Å². The molecule has 2 atom stereocenters. The smallest absolute Gasteiger partial charge is 0.309 e. The zero-order valence-electron chi connectivity index (χ0n) is 13.1. The first-order valence-electron chi connectivity index (χ1n) is 8.17. The maximum Gasteiger partial charge on any atom is 0.309 e. The van der Waals surface area contributed by atoms with Crippen LogP contribution in [-0.4, -0.2) is 12.6 Å². The standard InChI is InChI=1S/C18H26O3/c1-3-5-6-7-15-10-13-17(21-18(15)19)14-8-11-16(12-9-14)20-4-2/h8-9,11-12,15,17H,3-7,10,13H2,1-2H3. The fourth-order valence-electron chi connectivity index (χ4n) is 2.85. The van der Waals surface area contributed by atoms with Crippen molar-refractivity contribution < 1.29 is 14.3 Å². The van der Waals surface area contributed by atoms with Crippen LogP contribution in [0.3, 0.4) is 0 Å². The van der Waals surface area contributed by atoms with Crippen LogP contribution < -0.4 is 4.74 Å². The Morgan fingerprint density at radius 1 is 1.14 bits per heavy atom. The van der Waals surface area contributed by atoms with Gasteiger partial charge in [-0.05, 0) is 43.9 Å². The Kier molecular flexibility index (Phi) is 6.09. The summed E-state index contributed by atoms with van der Waals surface area (Å²) in [5, 5.41) is 0. The van der Waals surface area contributed by atoms with Crippen molar-refractivity contribution in [2.75, 3.05) is 6.61 Å². The largest absolute Gasteiger partial charge is 0.494 e. The number of carbonyl (C=O) groups excluding carboxylic acids is 1. The monoisotopic (exact) mass is 290 g/mol. The third-order valence-electron chi connectivity index (χ3n) is 4.09. The van der Waals surface area contributed by atoms with E-state index in [0.717, 1.165) is 37.0 Å². The molecule has 3 nitrogen and oxygen atoms in total. The summed E-state index contributed by atoms with van der Waals surface area (Å²) >= 11 is 0. The number of ether oxygens (including phenoxy) is 2. The molecule has 0 saturated carbocycles. The molecule has 1 aromatic rings. The van der Waals surface area contributed by atoms with E-state index in [0.29, 0.717) is 6.61 Å². The Bertz CT molecular complexity index is 438. The molecule has 2 rings (SSSR count). The number of rotatable bonds is 7. The van der Waals surface area contributed by atoms with E-state index in [4.69, 9.17) is 9.47 Å². The molecule has 1 aliphatic heterocycles. The Hall–Kier alpha value is -1.51. The highest BCUT2D eigenvalue weighted by molar-refractivity contribution is 5.73. The molecule has 1 aliphatic rings. The maximum absolute atomic E-state index is 12.1. The van der Waals surface area contributed by atoms with E-state index in [2.05, 4.69) is 6.92 Å². The number of esters is 1. The van der Waals surface area contributed by atoms with Crippen LogP contribution in [0.4, 0.5) is 0 Å². The van der Waals surface area contributed by atoms with Crippen molar-refractivity contribution >= 4 is 5.97 Å². The first-order chi connectivity index (χ1) is 10.2. The lowest BCUT2D eigenvalue weighted by atomic mass is 9.90. The minimum Gasteiger partial charge on any atom is -0.494 e. The van der Waals surface area contributed by atoms with E-state index in [1.165, 1.54) is 12.8 Å². The second kappa shape index (κ2) is 8.06. The van der Waals surface area contributed by atoms with Gasteiger partial charge in [0.2, 0.25) is 0 Å². The zero-order chi connectivity index (χ0) is 15.1. The van der Waals surface area contributed by atoms with E-state index >= 15 is 0 Å². The minimum atomic E-state index is -0.0874. The summed E-state index contributed by atoms with van der Waals surface area (Å²) in [6, 6.07) is 7.89. The van der Waals surface area contributed by atoms with E-state index in [-0.39, 0.29) is 18.0 Å². The number of hydrogen-bond donors (Lipinski definition) is 0. The number of unbranched alkanes of at least 4 members (excludes halogenated alkanes) is 2. The third kappa shape index (κ3) is 4.48. The Morgan fingerprint density at radius 3 is 2.52 bits per heavy atom. The van der Waals surface area contributed by atoms with Crippen LogP contribution in [-0.2, 0) is 9.53 Å². The molecule has 0 aliphatic carbocycles. The van der Waals surface area contributed by atoms with Crippen molar-refractivity contribution in [1.29, 1.82) is 0 Å². The molecule has 21 heavy (non-hydrogen) atoms. The quantitative estimate of drug-likeness (QED) is 0.541. The van der Waals surface area contributed by atoms with E-state index in [1.54, 1.807) is 0 Å². The van der Waals surface area contributed by atoms with Gasteiger partial charge in [-0.15, -0.1) is 0 Å². The second-order valence-corrected chi connectivity index (χ2v) is 5.70. The van der Waals surface area contributed by atoms with Crippen molar-refractivity contribution in [1.82, 2.24) is 0 Å². The Labute approximate surface area is 127 Å². The predicted octanol–water partition coefficient (Wildman–Crippen LogP) is 4.66. The Morgan fingerprint density at radius 2 is 1.90 bits per heavy atom. The first-order valence-corrected chi connectivity index (χ1v) is 8.17. The van der Waals surface area contributed by atoms with E-state index in [1.807, 2.05) is 31.2 Å². The summed E-state index contributed by atoms with van der Waals surface area (Å²) < 4.78 is 11.1. The number of carbonyl (C=O) groups is 1. The van der Waals surface area contributed by atoms with Crippen LogP contribution in [0.15, 0.2) is 24.3 Å². The van der Waals surface area contributed by atoms with E-state index in [9.17, 15) is 4.79 Å². The van der Waals surface area contributed by atoms with Gasteiger partial charge >= 0.3 is 5.97 Å². The normalized spacial score (nSPS) is 21.9. The van der Waals surface area contributed by atoms with Crippen molar-refractivity contribution in [2.45, 2.75) is 58.5 Å². The molecule has 0 aromatic heterocycles. The lowest BCUT2D eigenvalue weighted by Crippen LogP contribution is -2.26. The van der Waals surface area contributed by atoms with Crippen LogP contribution >= 0.6 is 0 Å². The van der Waals surface area contributed by atoms with Gasteiger partial charge < -0.3 is 9.47 Å². The van der Waals surface area contributed by atoms with Crippen LogP contribution in [0.2, 0.25) is 0 Å². The van der Waals surface area contributed by atoms with Gasteiger partial charge in [-0.25, -0.2) is 0 Å². The highest BCUT2D eigenvalue weighted by Gasteiger charge is 2.30. The molecule has 116 valence electrons. The number of cyclic esters (lactones) is 1. The summed E-state index contributed by atoms with van der Waals surface area (Å²) in [4.78, 5) is 12.1. The van der Waals surface area contributed by atoms with Gasteiger partial charge in [0.25, 0.3) is 0 Å². The van der Waals surface area contributed by atoms with Crippen molar-refractivity contribution in [3.05, 3.63) is 29.8 Å². The van der Waals surface area contributed by atoms with Gasteiger partial charge in [-0.2, -0.15) is 0 Å². The van der Waals surface area contributed by atoms with Crippen LogP contribution in [0.5, 0.6) is 5.75 Å². The second-order valence-electron chi connectivity index (χ2n) is 5.70. The molecule has 1 saturated heterocycles. The van der Waals surface area contributed by atoms with Gasteiger partial charge in [0, 0.05) is 0 Å². The lowest BCUT2D eigenvalue weighted by Gasteiger charge is -2.28. The van der Waals surface area contributed by atoms with Gasteiger partial charge in [-0.1, -0.05) is 38.3 Å². The van der Waals surface area contributed by atoms with Crippen LogP contribution in [0.25, 0.3) is 0 Å². The van der Waals surface area contributed by atoms with Crippen LogP contribution in [0.1, 0.15) is 64.0 Å². The highest BCUT2D eigenvalue weighted by Crippen LogP contribution is 2.34.